The lowest BCUT2D eigenvalue weighted by molar-refractivity contribution is -0.167. The summed E-state index contributed by atoms with van der Waals surface area (Å²) in [4.78, 5) is 38.3. The zero-order valence-electron chi connectivity index (χ0n) is 55.8. The van der Waals surface area contributed by atoms with Crippen LogP contribution in [0.15, 0.2) is 24.3 Å². The summed E-state index contributed by atoms with van der Waals surface area (Å²) in [6.45, 7) is 6.70. The third kappa shape index (κ3) is 68.7. The van der Waals surface area contributed by atoms with E-state index in [2.05, 4.69) is 45.1 Å². The van der Waals surface area contributed by atoms with Gasteiger partial charge in [0.25, 0.3) is 0 Å². The molecule has 6 heteroatoms. The minimum Gasteiger partial charge on any atom is -0.462 e. The number of esters is 3. The fourth-order valence-electron chi connectivity index (χ4n) is 11.6. The normalized spacial score (nSPS) is 12.1. The van der Waals surface area contributed by atoms with Crippen LogP contribution < -0.4 is 0 Å². The van der Waals surface area contributed by atoms with E-state index in [9.17, 15) is 14.4 Å². The third-order valence-corrected chi connectivity index (χ3v) is 17.2. The van der Waals surface area contributed by atoms with Gasteiger partial charge in [-0.25, -0.2) is 0 Å². The number of ether oxygens (including phenoxy) is 3. The van der Waals surface area contributed by atoms with E-state index in [1.165, 1.54) is 327 Å². The minimum atomic E-state index is -0.768. The molecule has 0 aliphatic carbocycles. The van der Waals surface area contributed by atoms with Gasteiger partial charge in [-0.15, -0.1) is 0 Å². The zero-order valence-corrected chi connectivity index (χ0v) is 55.8. The smallest absolute Gasteiger partial charge is 0.306 e. The van der Waals surface area contributed by atoms with Crippen molar-refractivity contribution in [1.82, 2.24) is 0 Å². The lowest BCUT2D eigenvalue weighted by Crippen LogP contribution is -2.30. The minimum absolute atomic E-state index is 0.0655. The average Bonchev–Trinajstić information content (AvgIpc) is 3.48. The van der Waals surface area contributed by atoms with Crippen LogP contribution >= 0.6 is 0 Å². The summed E-state index contributed by atoms with van der Waals surface area (Å²) in [5.41, 5.74) is 0. The van der Waals surface area contributed by atoms with Crippen LogP contribution in [0.2, 0.25) is 0 Å². The Hall–Kier alpha value is -2.11. The van der Waals surface area contributed by atoms with Gasteiger partial charge in [-0.3, -0.25) is 14.4 Å². The van der Waals surface area contributed by atoms with Gasteiger partial charge in [0, 0.05) is 19.3 Å². The fourth-order valence-corrected chi connectivity index (χ4v) is 11.6. The first kappa shape index (κ1) is 79.9. The van der Waals surface area contributed by atoms with Gasteiger partial charge < -0.3 is 14.2 Å². The Morgan fingerprint density at radius 2 is 0.402 bits per heavy atom. The van der Waals surface area contributed by atoms with E-state index in [0.717, 1.165) is 57.8 Å². The zero-order chi connectivity index (χ0) is 59.2. The van der Waals surface area contributed by atoms with Crippen molar-refractivity contribution < 1.29 is 28.6 Å². The van der Waals surface area contributed by atoms with Crippen LogP contribution in [-0.4, -0.2) is 37.2 Å². The Kier molecular flexibility index (Phi) is 69.5. The first-order valence-electron chi connectivity index (χ1n) is 37.3. The monoisotopic (exact) mass is 1150 g/mol. The Labute approximate surface area is 513 Å². The number of unbranched alkanes of at least 4 members (excludes halogenated alkanes) is 55. The molecule has 0 amide bonds. The molecule has 82 heavy (non-hydrogen) atoms. The van der Waals surface area contributed by atoms with Crippen molar-refractivity contribution >= 4 is 17.9 Å². The summed E-state index contributed by atoms with van der Waals surface area (Å²) in [7, 11) is 0. The second kappa shape index (κ2) is 71.4. The molecule has 0 bridgehead atoms. The van der Waals surface area contributed by atoms with Gasteiger partial charge in [-0.05, 0) is 70.6 Å². The van der Waals surface area contributed by atoms with Gasteiger partial charge in [0.15, 0.2) is 6.10 Å². The molecule has 0 heterocycles. The van der Waals surface area contributed by atoms with Crippen LogP contribution in [0.25, 0.3) is 0 Å². The summed E-state index contributed by atoms with van der Waals surface area (Å²) in [5, 5.41) is 0. The van der Waals surface area contributed by atoms with Crippen molar-refractivity contribution in [3.63, 3.8) is 0 Å². The molecule has 0 saturated heterocycles. The Bertz CT molecular complexity index is 1320. The Morgan fingerprint density at radius 3 is 0.610 bits per heavy atom. The molecule has 0 fully saturated rings. The molecule has 0 aromatic rings. The van der Waals surface area contributed by atoms with Crippen molar-refractivity contribution in [3.8, 4) is 0 Å². The number of rotatable bonds is 70. The highest BCUT2D eigenvalue weighted by atomic mass is 16.6. The second-order valence-corrected chi connectivity index (χ2v) is 25.6. The number of allylic oxidation sites excluding steroid dienone is 4. The number of hydrogen-bond acceptors (Lipinski definition) is 6. The van der Waals surface area contributed by atoms with Crippen LogP contribution in [0.4, 0.5) is 0 Å². The topological polar surface area (TPSA) is 78.9 Å². The predicted molar refractivity (Wildman–Crippen MR) is 358 cm³/mol. The maximum Gasteiger partial charge on any atom is 0.306 e. The summed E-state index contributed by atoms with van der Waals surface area (Å²) < 4.78 is 17.0. The van der Waals surface area contributed by atoms with E-state index in [1.54, 1.807) is 0 Å². The first-order valence-corrected chi connectivity index (χ1v) is 37.3. The molecular weight excluding hydrogens is 1010 g/mol. The Balaban J connectivity index is 4.05. The van der Waals surface area contributed by atoms with Gasteiger partial charge in [0.05, 0.1) is 0 Å². The van der Waals surface area contributed by atoms with Crippen LogP contribution in [0.3, 0.4) is 0 Å². The molecule has 0 aromatic heterocycles. The average molecular weight is 1150 g/mol. The molecule has 0 aliphatic rings. The molecule has 6 nitrogen and oxygen atoms in total. The van der Waals surface area contributed by atoms with E-state index in [-0.39, 0.29) is 31.1 Å². The number of carbonyl (C=O) groups excluding carboxylic acids is 3. The van der Waals surface area contributed by atoms with E-state index in [4.69, 9.17) is 14.2 Å². The highest BCUT2D eigenvalue weighted by Gasteiger charge is 2.20. The van der Waals surface area contributed by atoms with Crippen LogP contribution in [-0.2, 0) is 28.6 Å². The quantitative estimate of drug-likeness (QED) is 0.0261. The highest BCUT2D eigenvalue weighted by Crippen LogP contribution is 2.19. The summed E-state index contributed by atoms with van der Waals surface area (Å²) >= 11 is 0. The van der Waals surface area contributed by atoms with Gasteiger partial charge in [0.2, 0.25) is 0 Å². The van der Waals surface area contributed by atoms with Gasteiger partial charge in [-0.1, -0.05) is 360 Å². The molecular formula is C76H144O6. The molecule has 0 saturated carbocycles. The highest BCUT2D eigenvalue weighted by molar-refractivity contribution is 5.71. The van der Waals surface area contributed by atoms with Gasteiger partial charge in [0.1, 0.15) is 13.2 Å². The lowest BCUT2D eigenvalue weighted by atomic mass is 10.0. The molecule has 0 aliphatic heterocycles. The van der Waals surface area contributed by atoms with Crippen molar-refractivity contribution in [2.24, 2.45) is 0 Å². The van der Waals surface area contributed by atoms with Crippen LogP contribution in [0.1, 0.15) is 425 Å². The van der Waals surface area contributed by atoms with Crippen molar-refractivity contribution in [2.75, 3.05) is 13.2 Å². The third-order valence-electron chi connectivity index (χ3n) is 17.2. The van der Waals surface area contributed by atoms with Crippen molar-refractivity contribution in [1.29, 1.82) is 0 Å². The summed E-state index contributed by atoms with van der Waals surface area (Å²) in [5.74, 6) is -0.838. The molecule has 0 N–H and O–H groups in total. The fraction of sp³-hybridized carbons (Fsp3) is 0.908. The lowest BCUT2D eigenvalue weighted by Gasteiger charge is -2.18. The number of hydrogen-bond donors (Lipinski definition) is 0. The first-order chi connectivity index (χ1) is 40.5. The number of carbonyl (C=O) groups is 3. The predicted octanol–water partition coefficient (Wildman–Crippen LogP) is 25.7. The Morgan fingerprint density at radius 1 is 0.232 bits per heavy atom. The van der Waals surface area contributed by atoms with E-state index < -0.39 is 6.10 Å². The largest absolute Gasteiger partial charge is 0.462 e. The molecule has 0 aromatic carbocycles. The van der Waals surface area contributed by atoms with Gasteiger partial charge in [-0.2, -0.15) is 0 Å². The van der Waals surface area contributed by atoms with E-state index in [0.29, 0.717) is 19.3 Å². The second-order valence-electron chi connectivity index (χ2n) is 25.6. The van der Waals surface area contributed by atoms with E-state index >= 15 is 0 Å². The van der Waals surface area contributed by atoms with Crippen molar-refractivity contribution in [2.45, 2.75) is 431 Å². The maximum absolute atomic E-state index is 12.9. The SMILES string of the molecule is CCCCCCCCCC/C=C\CCCCCCCCCCCCCCCCCCCCCCCC(=O)OCC(COC(=O)CCCCCCCCCCCC)OC(=O)CCCCCCCCCCC/C=C\CCCCCCCCCC. The molecule has 0 spiro atoms. The van der Waals surface area contributed by atoms with Gasteiger partial charge >= 0.3 is 17.9 Å². The summed E-state index contributed by atoms with van der Waals surface area (Å²) in [6, 6.07) is 0. The molecule has 484 valence electrons. The summed E-state index contributed by atoms with van der Waals surface area (Å²) in [6.07, 6.45) is 88.1. The van der Waals surface area contributed by atoms with Crippen molar-refractivity contribution in [3.05, 3.63) is 24.3 Å². The van der Waals surface area contributed by atoms with E-state index in [1.807, 2.05) is 0 Å². The molecule has 0 rings (SSSR count). The molecule has 0 radical (unpaired) electrons. The van der Waals surface area contributed by atoms with Crippen LogP contribution in [0, 0.1) is 0 Å². The molecule has 1 unspecified atom stereocenters. The molecule has 1 atom stereocenters. The van der Waals surface area contributed by atoms with Crippen LogP contribution in [0.5, 0.6) is 0 Å². The standard InChI is InChI=1S/C76H144O6/c1-4-7-10-13-16-19-22-24-26-28-30-32-33-34-35-36-37-38-39-40-41-42-43-45-46-48-50-52-54-57-60-63-66-69-75(78)81-72-73(71-80-74(77)68-65-62-59-56-21-18-15-12-9-6-3)82-76(79)70-67-64-61-58-55-53-51-49-47-44-31-29-27-25-23-20-17-14-11-8-5-2/h28-31,73H,4-27,32-72H2,1-3H3/b30-28-,31-29-. The maximum atomic E-state index is 12.9.